The van der Waals surface area contributed by atoms with Crippen LogP contribution in [0.5, 0.6) is 0 Å². The van der Waals surface area contributed by atoms with Crippen LogP contribution in [0, 0.1) is 0 Å². The van der Waals surface area contributed by atoms with E-state index in [1.54, 1.807) is 6.92 Å². The van der Waals surface area contributed by atoms with Gasteiger partial charge in [-0.05, 0) is 18.6 Å². The lowest BCUT2D eigenvalue weighted by molar-refractivity contribution is -0.143. The molecule has 7 heteroatoms. The molecule has 4 rings (SSSR count). The smallest absolute Gasteiger partial charge is 0.319 e. The molecule has 26 heavy (non-hydrogen) atoms. The van der Waals surface area contributed by atoms with Crippen LogP contribution < -0.4 is 0 Å². The van der Waals surface area contributed by atoms with Crippen molar-refractivity contribution in [2.45, 2.75) is 23.9 Å². The van der Waals surface area contributed by atoms with Gasteiger partial charge in [0.1, 0.15) is 17.4 Å². The monoisotopic (exact) mass is 364 g/mol. The molecule has 2 heterocycles. The van der Waals surface area contributed by atoms with E-state index in [1.165, 1.54) is 11.8 Å². The van der Waals surface area contributed by atoms with Crippen LogP contribution in [0.2, 0.25) is 0 Å². The molecule has 1 N–H and O–H groups in total. The third-order valence-corrected chi connectivity index (χ3v) is 4.87. The summed E-state index contributed by atoms with van der Waals surface area (Å²) in [5, 5.41) is 9.39. The maximum Gasteiger partial charge on any atom is 0.319 e. The molecule has 0 fully saturated rings. The van der Waals surface area contributed by atoms with Gasteiger partial charge in [-0.3, -0.25) is 4.79 Å². The second-order valence-corrected chi connectivity index (χ2v) is 7.12. The molecule has 2 aromatic carbocycles. The van der Waals surface area contributed by atoms with Crippen molar-refractivity contribution in [2.24, 2.45) is 0 Å². The van der Waals surface area contributed by atoms with Gasteiger partial charge in [-0.15, -0.1) is 10.2 Å². The van der Waals surface area contributed by atoms with Crippen molar-refractivity contribution in [1.82, 2.24) is 20.2 Å². The van der Waals surface area contributed by atoms with Gasteiger partial charge in [-0.2, -0.15) is 0 Å². The molecule has 0 radical (unpaired) electrons. The van der Waals surface area contributed by atoms with E-state index < -0.39 is 5.25 Å². The molecule has 1 atom stereocenters. The zero-order valence-electron chi connectivity index (χ0n) is 14.0. The van der Waals surface area contributed by atoms with Crippen LogP contribution in [-0.2, 0) is 16.1 Å². The molecule has 130 valence electrons. The molecule has 6 nitrogen and oxygen atoms in total. The number of hydrogen-bond donors (Lipinski definition) is 1. The van der Waals surface area contributed by atoms with Gasteiger partial charge in [-0.25, -0.2) is 4.98 Å². The molecule has 0 amide bonds. The van der Waals surface area contributed by atoms with Crippen molar-refractivity contribution in [3.8, 4) is 0 Å². The maximum atomic E-state index is 12.2. The van der Waals surface area contributed by atoms with Gasteiger partial charge >= 0.3 is 5.97 Å². The van der Waals surface area contributed by atoms with Crippen LogP contribution in [0.15, 0.2) is 59.8 Å². The Kier molecular flexibility index (Phi) is 4.53. The number of thioether (sulfide) groups is 1. The lowest BCUT2D eigenvalue weighted by atomic mass is 10.2. The zero-order valence-corrected chi connectivity index (χ0v) is 14.9. The molecule has 0 bridgehead atoms. The molecule has 0 saturated heterocycles. The fourth-order valence-corrected chi connectivity index (χ4v) is 3.32. The number of aromatic amines is 1. The van der Waals surface area contributed by atoms with Crippen LogP contribution in [0.4, 0.5) is 0 Å². The second kappa shape index (κ2) is 7.13. The quantitative estimate of drug-likeness (QED) is 0.429. The molecule has 0 aliphatic carbocycles. The fraction of sp³-hybridized carbons (Fsp3) is 0.158. The number of ether oxygens (including phenoxy) is 1. The third kappa shape index (κ3) is 3.39. The molecule has 0 spiro atoms. The highest BCUT2D eigenvalue weighted by Gasteiger charge is 2.19. The van der Waals surface area contributed by atoms with Crippen LogP contribution in [0.3, 0.4) is 0 Å². The number of aromatic nitrogens is 4. The fourth-order valence-electron chi connectivity index (χ4n) is 2.61. The molecule has 2 aromatic heterocycles. The summed E-state index contributed by atoms with van der Waals surface area (Å²) in [5.41, 5.74) is 3.30. The van der Waals surface area contributed by atoms with Gasteiger partial charge in [0.2, 0.25) is 5.16 Å². The van der Waals surface area contributed by atoms with Gasteiger partial charge in [0.05, 0.1) is 0 Å². The van der Waals surface area contributed by atoms with E-state index in [0.29, 0.717) is 10.8 Å². The molecule has 1 unspecified atom stereocenters. The normalized spacial score (nSPS) is 12.3. The summed E-state index contributed by atoms with van der Waals surface area (Å²) in [6.45, 7) is 2.03. The average molecular weight is 364 g/mol. The van der Waals surface area contributed by atoms with Crippen molar-refractivity contribution in [3.63, 3.8) is 0 Å². The number of benzene rings is 2. The highest BCUT2D eigenvalue weighted by Crippen LogP contribution is 2.25. The summed E-state index contributed by atoms with van der Waals surface area (Å²) < 4.78 is 5.35. The first-order valence-electron chi connectivity index (χ1n) is 8.19. The zero-order chi connectivity index (χ0) is 17.9. The largest absolute Gasteiger partial charge is 0.460 e. The topological polar surface area (TPSA) is 80.8 Å². The SMILES string of the molecule is CC(Sc1nnc2c(n1)[nH]c1ccccc12)C(=O)OCc1ccccc1. The predicted octanol–water partition coefficient (Wildman–Crippen LogP) is 3.73. The highest BCUT2D eigenvalue weighted by atomic mass is 32.2. The van der Waals surface area contributed by atoms with Gasteiger partial charge < -0.3 is 9.72 Å². The van der Waals surface area contributed by atoms with Crippen molar-refractivity contribution in [3.05, 3.63) is 60.2 Å². The van der Waals surface area contributed by atoms with Crippen LogP contribution in [-0.4, -0.2) is 31.4 Å². The Hall–Kier alpha value is -2.93. The van der Waals surface area contributed by atoms with Crippen LogP contribution in [0.25, 0.3) is 22.1 Å². The molecule has 4 aromatic rings. The van der Waals surface area contributed by atoms with Crippen LogP contribution >= 0.6 is 11.8 Å². The number of para-hydroxylation sites is 1. The number of hydrogen-bond acceptors (Lipinski definition) is 6. The first-order chi connectivity index (χ1) is 12.7. The number of esters is 1. The first-order valence-corrected chi connectivity index (χ1v) is 9.07. The number of carbonyl (C=O) groups excluding carboxylic acids is 1. The van der Waals surface area contributed by atoms with Gasteiger partial charge in [0, 0.05) is 10.9 Å². The highest BCUT2D eigenvalue weighted by molar-refractivity contribution is 8.00. The van der Waals surface area contributed by atoms with Crippen molar-refractivity contribution in [1.29, 1.82) is 0 Å². The lowest BCUT2D eigenvalue weighted by Gasteiger charge is -2.10. The summed E-state index contributed by atoms with van der Waals surface area (Å²) >= 11 is 1.23. The minimum Gasteiger partial charge on any atom is -0.460 e. The molecule has 0 saturated carbocycles. The van der Waals surface area contributed by atoms with Gasteiger partial charge in [0.15, 0.2) is 5.65 Å². The second-order valence-electron chi connectivity index (χ2n) is 5.82. The summed E-state index contributed by atoms with van der Waals surface area (Å²) in [5.74, 6) is -0.306. The average Bonchev–Trinajstić information content (AvgIpc) is 3.04. The Morgan fingerprint density at radius 3 is 2.73 bits per heavy atom. The van der Waals surface area contributed by atoms with Gasteiger partial charge in [-0.1, -0.05) is 60.3 Å². The van der Waals surface area contributed by atoms with Crippen molar-refractivity contribution < 1.29 is 9.53 Å². The van der Waals surface area contributed by atoms with E-state index in [4.69, 9.17) is 4.74 Å². The Morgan fingerprint density at radius 2 is 1.88 bits per heavy atom. The van der Waals surface area contributed by atoms with E-state index in [0.717, 1.165) is 22.0 Å². The Bertz CT molecular complexity index is 1060. The number of rotatable bonds is 5. The third-order valence-electron chi connectivity index (χ3n) is 3.94. The minimum atomic E-state index is -0.428. The summed E-state index contributed by atoms with van der Waals surface area (Å²) in [7, 11) is 0. The number of nitrogens with one attached hydrogen (secondary N) is 1. The Morgan fingerprint density at radius 1 is 1.12 bits per heavy atom. The molecule has 0 aliphatic heterocycles. The summed E-state index contributed by atoms with van der Waals surface area (Å²) in [6, 6.07) is 17.4. The number of H-pyrrole nitrogens is 1. The number of carbonyl (C=O) groups is 1. The van der Waals surface area contributed by atoms with E-state index in [2.05, 4.69) is 20.2 Å². The van der Waals surface area contributed by atoms with Crippen molar-refractivity contribution in [2.75, 3.05) is 0 Å². The molecular formula is C19H16N4O2S. The van der Waals surface area contributed by atoms with E-state index >= 15 is 0 Å². The Balaban J connectivity index is 1.45. The standard InChI is InChI=1S/C19H16N4O2S/c1-12(18(24)25-11-13-7-3-2-4-8-13)26-19-21-17-16(22-23-19)14-9-5-6-10-15(14)20-17/h2-10,12H,11H2,1H3,(H,20,21,23). The predicted molar refractivity (Wildman–Crippen MR) is 101 cm³/mol. The molecule has 0 aliphatic rings. The first kappa shape index (κ1) is 16.5. The molecular weight excluding hydrogens is 348 g/mol. The van der Waals surface area contributed by atoms with Crippen molar-refractivity contribution >= 4 is 39.8 Å². The summed E-state index contributed by atoms with van der Waals surface area (Å²) in [6.07, 6.45) is 0. The number of fused-ring (bicyclic) bond motifs is 3. The number of nitrogens with zero attached hydrogens (tertiary/aromatic N) is 3. The van der Waals surface area contributed by atoms with E-state index in [9.17, 15) is 4.79 Å². The van der Waals surface area contributed by atoms with E-state index in [-0.39, 0.29) is 12.6 Å². The lowest BCUT2D eigenvalue weighted by Crippen LogP contribution is -2.17. The van der Waals surface area contributed by atoms with Crippen LogP contribution in [0.1, 0.15) is 12.5 Å². The maximum absolute atomic E-state index is 12.2. The summed E-state index contributed by atoms with van der Waals surface area (Å²) in [4.78, 5) is 19.9. The van der Waals surface area contributed by atoms with E-state index in [1.807, 2.05) is 54.6 Å². The minimum absolute atomic E-state index is 0.255. The van der Waals surface area contributed by atoms with Gasteiger partial charge in [0.25, 0.3) is 0 Å². The Labute approximate surface area is 154 Å².